The van der Waals surface area contributed by atoms with Crippen molar-refractivity contribution < 1.29 is 19.1 Å². The number of carbonyl (C=O) groups excluding carboxylic acids is 2. The summed E-state index contributed by atoms with van der Waals surface area (Å²) in [6.45, 7) is 4.40. The summed E-state index contributed by atoms with van der Waals surface area (Å²) in [7, 11) is 0. The summed E-state index contributed by atoms with van der Waals surface area (Å²) in [4.78, 5) is 25.2. The molecule has 0 bridgehead atoms. The number of hydrogen-bond acceptors (Lipinski definition) is 4. The fourth-order valence-corrected chi connectivity index (χ4v) is 3.78. The highest BCUT2D eigenvalue weighted by Crippen LogP contribution is 2.23. The minimum atomic E-state index is -0.595. The summed E-state index contributed by atoms with van der Waals surface area (Å²) in [5, 5.41) is 0.568. The van der Waals surface area contributed by atoms with E-state index in [2.05, 4.69) is 6.92 Å². The van der Waals surface area contributed by atoms with Gasteiger partial charge in [-0.3, -0.25) is 0 Å². The fraction of sp³-hybridized carbons (Fsp3) is 0.481. The average Bonchev–Trinajstić information content (AvgIpc) is 2.79. The van der Waals surface area contributed by atoms with E-state index in [1.54, 1.807) is 49.4 Å². The molecule has 0 spiro atoms. The Labute approximate surface area is 197 Å². The number of carbonyl (C=O) groups is 2. The molecular weight excluding hydrogens is 424 g/mol. The molecule has 0 N–H and O–H groups in total. The molecule has 0 saturated carbocycles. The quantitative estimate of drug-likeness (QED) is 0.164. The van der Waals surface area contributed by atoms with E-state index in [0.717, 1.165) is 24.8 Å². The molecule has 2 rings (SSSR count). The Morgan fingerprint density at radius 3 is 1.94 bits per heavy atom. The molecular formula is C27H35ClO4. The first-order chi connectivity index (χ1) is 15.5. The smallest absolute Gasteiger partial charge is 0.344 e. The standard InChI is InChI=1S/C27H35ClO4/c1-3-4-5-6-7-8-9-10-11-14-19-31-26(29)23-15-12-13-16-24(23)27(30)32-25-18-17-22(28)20-21(25)2/h12-13,15-18,20H,3-11,14,19H2,1-2H3. The molecule has 2 aromatic rings. The van der Waals surface area contributed by atoms with E-state index in [0.29, 0.717) is 17.4 Å². The fourth-order valence-electron chi connectivity index (χ4n) is 3.55. The highest BCUT2D eigenvalue weighted by atomic mass is 35.5. The van der Waals surface area contributed by atoms with E-state index in [4.69, 9.17) is 21.1 Å². The third-order valence-electron chi connectivity index (χ3n) is 5.44. The first-order valence-electron chi connectivity index (χ1n) is 11.8. The summed E-state index contributed by atoms with van der Waals surface area (Å²) >= 11 is 5.95. The molecule has 5 heteroatoms. The molecule has 0 fully saturated rings. The number of unbranched alkanes of at least 4 members (excludes halogenated alkanes) is 9. The summed E-state index contributed by atoms with van der Waals surface area (Å²) in [6, 6.07) is 11.6. The van der Waals surface area contributed by atoms with E-state index in [9.17, 15) is 9.59 Å². The highest BCUT2D eigenvalue weighted by molar-refractivity contribution is 6.30. The van der Waals surface area contributed by atoms with Crippen molar-refractivity contribution in [3.63, 3.8) is 0 Å². The van der Waals surface area contributed by atoms with E-state index >= 15 is 0 Å². The summed E-state index contributed by atoms with van der Waals surface area (Å²) in [6.07, 6.45) is 12.2. The molecule has 0 aliphatic heterocycles. The van der Waals surface area contributed by atoms with E-state index < -0.39 is 11.9 Å². The van der Waals surface area contributed by atoms with Crippen LogP contribution in [0.2, 0.25) is 5.02 Å². The van der Waals surface area contributed by atoms with Crippen molar-refractivity contribution in [3.05, 3.63) is 64.2 Å². The van der Waals surface area contributed by atoms with E-state index in [-0.39, 0.29) is 11.1 Å². The summed E-state index contributed by atoms with van der Waals surface area (Å²) in [5.74, 6) is -0.684. The number of rotatable bonds is 14. The molecule has 4 nitrogen and oxygen atoms in total. The van der Waals surface area contributed by atoms with Gasteiger partial charge in [-0.2, -0.15) is 0 Å². The van der Waals surface area contributed by atoms with Crippen molar-refractivity contribution in [2.45, 2.75) is 78.1 Å². The second-order valence-electron chi connectivity index (χ2n) is 8.16. The first kappa shape index (κ1) is 25.9. The summed E-state index contributed by atoms with van der Waals surface area (Å²) in [5.41, 5.74) is 1.15. The predicted octanol–water partition coefficient (Wildman–Crippen LogP) is 7.95. The third-order valence-corrected chi connectivity index (χ3v) is 5.67. The number of aryl methyl sites for hydroxylation is 1. The lowest BCUT2D eigenvalue weighted by Crippen LogP contribution is -2.16. The molecule has 0 saturated heterocycles. The molecule has 0 aliphatic rings. The number of benzene rings is 2. The minimum absolute atomic E-state index is 0.190. The van der Waals surface area contributed by atoms with Crippen molar-refractivity contribution in [3.8, 4) is 5.75 Å². The highest BCUT2D eigenvalue weighted by Gasteiger charge is 2.20. The van der Waals surface area contributed by atoms with Crippen LogP contribution >= 0.6 is 11.6 Å². The molecule has 0 radical (unpaired) electrons. The molecule has 174 valence electrons. The van der Waals surface area contributed by atoms with Crippen molar-refractivity contribution in [1.82, 2.24) is 0 Å². The van der Waals surface area contributed by atoms with Gasteiger partial charge in [0.1, 0.15) is 5.75 Å². The van der Waals surface area contributed by atoms with Crippen LogP contribution < -0.4 is 4.74 Å². The largest absolute Gasteiger partial charge is 0.462 e. The monoisotopic (exact) mass is 458 g/mol. The maximum absolute atomic E-state index is 12.7. The van der Waals surface area contributed by atoms with Gasteiger partial charge in [0, 0.05) is 5.02 Å². The lowest BCUT2D eigenvalue weighted by Gasteiger charge is -2.11. The van der Waals surface area contributed by atoms with Gasteiger partial charge in [-0.15, -0.1) is 0 Å². The molecule has 0 heterocycles. The Hall–Kier alpha value is -2.33. The van der Waals surface area contributed by atoms with Crippen LogP contribution in [-0.2, 0) is 4.74 Å². The van der Waals surface area contributed by atoms with Crippen molar-refractivity contribution in [2.75, 3.05) is 6.61 Å². The predicted molar refractivity (Wildman–Crippen MR) is 130 cm³/mol. The normalized spacial score (nSPS) is 10.7. The second kappa shape index (κ2) is 14.7. The Balaban J connectivity index is 1.75. The van der Waals surface area contributed by atoms with E-state index in [1.807, 2.05) is 0 Å². The van der Waals surface area contributed by atoms with Crippen LogP contribution in [-0.4, -0.2) is 18.5 Å². The van der Waals surface area contributed by atoms with Crippen molar-refractivity contribution >= 4 is 23.5 Å². The van der Waals surface area contributed by atoms with Gasteiger partial charge in [0.2, 0.25) is 0 Å². The maximum atomic E-state index is 12.7. The number of esters is 2. The average molecular weight is 459 g/mol. The number of halogens is 1. The topological polar surface area (TPSA) is 52.6 Å². The Bertz CT molecular complexity index is 862. The molecule has 2 aromatic carbocycles. The van der Waals surface area contributed by atoms with E-state index in [1.165, 1.54) is 44.9 Å². The second-order valence-corrected chi connectivity index (χ2v) is 8.60. The third kappa shape index (κ3) is 9.04. The molecule has 0 aliphatic carbocycles. The van der Waals surface area contributed by atoms with Crippen LogP contribution in [0.4, 0.5) is 0 Å². The Kier molecular flexibility index (Phi) is 11.9. The van der Waals surface area contributed by atoms with Crippen LogP contribution in [0.3, 0.4) is 0 Å². The van der Waals surface area contributed by atoms with Gasteiger partial charge in [0.05, 0.1) is 17.7 Å². The number of ether oxygens (including phenoxy) is 2. The zero-order valence-corrected chi connectivity index (χ0v) is 20.1. The van der Waals surface area contributed by atoms with Crippen molar-refractivity contribution in [2.24, 2.45) is 0 Å². The number of hydrogen-bond donors (Lipinski definition) is 0. The SMILES string of the molecule is CCCCCCCCCCCCOC(=O)c1ccccc1C(=O)Oc1ccc(Cl)cc1C. The van der Waals surface area contributed by atoms with Gasteiger partial charge in [-0.1, -0.05) is 88.4 Å². The Morgan fingerprint density at radius 1 is 0.781 bits per heavy atom. The van der Waals surface area contributed by atoms with Gasteiger partial charge < -0.3 is 9.47 Å². The lowest BCUT2D eigenvalue weighted by molar-refractivity contribution is 0.0489. The van der Waals surface area contributed by atoms with Crippen LogP contribution in [0, 0.1) is 6.92 Å². The van der Waals surface area contributed by atoms with Crippen LogP contribution in [0.5, 0.6) is 5.75 Å². The van der Waals surface area contributed by atoms with Crippen LogP contribution in [0.15, 0.2) is 42.5 Å². The lowest BCUT2D eigenvalue weighted by atomic mass is 10.1. The van der Waals surface area contributed by atoms with Crippen LogP contribution in [0.1, 0.15) is 97.4 Å². The molecule has 0 unspecified atom stereocenters. The van der Waals surface area contributed by atoms with Gasteiger partial charge in [-0.25, -0.2) is 9.59 Å². The van der Waals surface area contributed by atoms with Gasteiger partial charge in [0.25, 0.3) is 0 Å². The maximum Gasteiger partial charge on any atom is 0.344 e. The molecule has 32 heavy (non-hydrogen) atoms. The molecule has 0 amide bonds. The van der Waals surface area contributed by atoms with Gasteiger partial charge >= 0.3 is 11.9 Å². The van der Waals surface area contributed by atoms with Gasteiger partial charge in [-0.05, 0) is 49.2 Å². The minimum Gasteiger partial charge on any atom is -0.462 e. The van der Waals surface area contributed by atoms with Crippen molar-refractivity contribution in [1.29, 1.82) is 0 Å². The first-order valence-corrected chi connectivity index (χ1v) is 12.1. The van der Waals surface area contributed by atoms with Crippen LogP contribution in [0.25, 0.3) is 0 Å². The van der Waals surface area contributed by atoms with Gasteiger partial charge in [0.15, 0.2) is 0 Å². The summed E-state index contributed by atoms with van der Waals surface area (Å²) < 4.78 is 10.9. The zero-order chi connectivity index (χ0) is 23.2. The molecule has 0 atom stereocenters. The Morgan fingerprint density at radius 2 is 1.34 bits per heavy atom. The zero-order valence-electron chi connectivity index (χ0n) is 19.3. The molecule has 0 aromatic heterocycles.